The summed E-state index contributed by atoms with van der Waals surface area (Å²) in [6.07, 6.45) is 0.432. The first kappa shape index (κ1) is 14.6. The summed E-state index contributed by atoms with van der Waals surface area (Å²) in [5, 5.41) is 0. The molecule has 0 aliphatic carbocycles. The predicted octanol–water partition coefficient (Wildman–Crippen LogP) is 1.47. The van der Waals surface area contributed by atoms with Crippen molar-refractivity contribution in [1.29, 1.82) is 0 Å². The molecule has 1 amide bonds. The monoisotopic (exact) mass is 400 g/mol. The Balaban J connectivity index is 1.72. The van der Waals surface area contributed by atoms with Crippen LogP contribution in [-0.4, -0.2) is 46.7 Å². The Morgan fingerprint density at radius 3 is 2.90 bits per heavy atom. The molecule has 3 rings (SSSR count). The van der Waals surface area contributed by atoms with Crippen LogP contribution in [0, 0.1) is 3.57 Å². The number of hydrogen-bond donors (Lipinski definition) is 1. The Hall–Kier alpha value is -1.35. The molecule has 0 spiro atoms. The highest BCUT2D eigenvalue weighted by molar-refractivity contribution is 14.1. The second-order valence-corrected chi connectivity index (χ2v) is 6.24. The number of fused-ring (bicyclic) bond motifs is 1. The zero-order valence-corrected chi connectivity index (χ0v) is 13.7. The van der Waals surface area contributed by atoms with Crippen LogP contribution in [0.1, 0.15) is 6.42 Å². The summed E-state index contributed by atoms with van der Waals surface area (Å²) >= 11 is 2.25. The van der Waals surface area contributed by atoms with Gasteiger partial charge in [-0.2, -0.15) is 0 Å². The molecular weight excluding hydrogens is 383 g/mol. The predicted molar refractivity (Wildman–Crippen MR) is 88.9 cm³/mol. The summed E-state index contributed by atoms with van der Waals surface area (Å²) in [7, 11) is 0. The highest BCUT2D eigenvalue weighted by Gasteiger charge is 2.17. The Bertz CT molecular complexity index is 664. The number of nitrogens with zero attached hydrogens (tertiary/aromatic N) is 3. The van der Waals surface area contributed by atoms with Crippen LogP contribution in [-0.2, 0) is 16.1 Å². The summed E-state index contributed by atoms with van der Waals surface area (Å²) in [4.78, 5) is 18.4. The Morgan fingerprint density at radius 1 is 1.38 bits per heavy atom. The van der Waals surface area contributed by atoms with E-state index in [-0.39, 0.29) is 5.91 Å². The summed E-state index contributed by atoms with van der Waals surface area (Å²) in [6.45, 7) is 3.16. The molecule has 0 bridgehead atoms. The molecule has 1 aromatic heterocycles. The van der Waals surface area contributed by atoms with Crippen LogP contribution in [0.25, 0.3) is 11.0 Å². The van der Waals surface area contributed by atoms with E-state index >= 15 is 0 Å². The molecule has 1 fully saturated rings. The van der Waals surface area contributed by atoms with Crippen LogP contribution in [0.3, 0.4) is 0 Å². The Morgan fingerprint density at radius 2 is 2.14 bits per heavy atom. The van der Waals surface area contributed by atoms with Gasteiger partial charge in [0.05, 0.1) is 24.2 Å². The van der Waals surface area contributed by atoms with Gasteiger partial charge in [-0.25, -0.2) is 4.98 Å². The largest absolute Gasteiger partial charge is 0.378 e. The van der Waals surface area contributed by atoms with E-state index in [1.807, 2.05) is 27.7 Å². The van der Waals surface area contributed by atoms with Gasteiger partial charge in [0.2, 0.25) is 11.9 Å². The number of nitrogens with two attached hydrogens (primary N) is 1. The number of aryl methyl sites for hydroxylation is 1. The van der Waals surface area contributed by atoms with Crippen LogP contribution < -0.4 is 5.73 Å². The fourth-order valence-electron chi connectivity index (χ4n) is 2.53. The van der Waals surface area contributed by atoms with Gasteiger partial charge in [-0.1, -0.05) is 0 Å². The van der Waals surface area contributed by atoms with E-state index in [9.17, 15) is 4.79 Å². The fourth-order valence-corrected chi connectivity index (χ4v) is 3.01. The van der Waals surface area contributed by atoms with E-state index in [1.165, 1.54) is 0 Å². The Kier molecular flexibility index (Phi) is 4.29. The molecule has 0 radical (unpaired) electrons. The van der Waals surface area contributed by atoms with E-state index in [0.29, 0.717) is 45.2 Å². The first-order chi connectivity index (χ1) is 10.1. The number of anilines is 1. The lowest BCUT2D eigenvalue weighted by molar-refractivity contribution is -0.135. The third-order valence-electron chi connectivity index (χ3n) is 3.65. The number of morpholine rings is 1. The van der Waals surface area contributed by atoms with E-state index in [1.54, 1.807) is 0 Å². The molecule has 6 nitrogen and oxygen atoms in total. The highest BCUT2D eigenvalue weighted by Crippen LogP contribution is 2.20. The van der Waals surface area contributed by atoms with Crippen molar-refractivity contribution in [2.45, 2.75) is 13.0 Å². The number of carbonyl (C=O) groups is 1. The second-order valence-electron chi connectivity index (χ2n) is 5.00. The average molecular weight is 400 g/mol. The quantitative estimate of drug-likeness (QED) is 0.793. The maximum atomic E-state index is 12.2. The normalized spacial score (nSPS) is 15.6. The molecule has 2 aromatic rings. The number of carbonyl (C=O) groups excluding carboxylic acids is 1. The lowest BCUT2D eigenvalue weighted by Crippen LogP contribution is -2.41. The molecule has 1 aromatic carbocycles. The molecule has 1 aliphatic rings. The molecule has 0 unspecified atom stereocenters. The minimum atomic E-state index is 0.144. The maximum Gasteiger partial charge on any atom is 0.224 e. The summed E-state index contributed by atoms with van der Waals surface area (Å²) in [5.41, 5.74) is 7.82. The number of benzene rings is 1. The molecule has 112 valence electrons. The van der Waals surface area contributed by atoms with Gasteiger partial charge in [0.15, 0.2) is 0 Å². The van der Waals surface area contributed by atoms with Crippen LogP contribution in [0.4, 0.5) is 5.95 Å². The van der Waals surface area contributed by atoms with Crippen molar-refractivity contribution in [3.05, 3.63) is 21.8 Å². The van der Waals surface area contributed by atoms with Crippen molar-refractivity contribution in [3.63, 3.8) is 0 Å². The van der Waals surface area contributed by atoms with Crippen molar-refractivity contribution in [1.82, 2.24) is 14.5 Å². The van der Waals surface area contributed by atoms with Gasteiger partial charge in [-0.05, 0) is 40.8 Å². The van der Waals surface area contributed by atoms with Gasteiger partial charge in [-0.15, -0.1) is 0 Å². The number of hydrogen-bond acceptors (Lipinski definition) is 4. The van der Waals surface area contributed by atoms with Crippen molar-refractivity contribution in [2.24, 2.45) is 0 Å². The van der Waals surface area contributed by atoms with Crippen LogP contribution in [0.5, 0.6) is 0 Å². The van der Waals surface area contributed by atoms with Gasteiger partial charge in [-0.3, -0.25) is 4.79 Å². The van der Waals surface area contributed by atoms with Crippen molar-refractivity contribution < 1.29 is 9.53 Å². The Labute approximate surface area is 136 Å². The fraction of sp³-hybridized carbons (Fsp3) is 0.429. The number of aromatic nitrogens is 2. The van der Waals surface area contributed by atoms with E-state index in [4.69, 9.17) is 10.5 Å². The third-order valence-corrected chi connectivity index (χ3v) is 4.32. The van der Waals surface area contributed by atoms with Gasteiger partial charge in [0.1, 0.15) is 0 Å². The third kappa shape index (κ3) is 3.13. The summed E-state index contributed by atoms with van der Waals surface area (Å²) < 4.78 is 8.28. The highest BCUT2D eigenvalue weighted by atomic mass is 127. The van der Waals surface area contributed by atoms with Gasteiger partial charge in [0, 0.05) is 29.6 Å². The standard InChI is InChI=1S/C14H17IN4O2/c15-10-1-2-12-11(9-10)17-14(16)19(12)4-3-13(20)18-5-7-21-8-6-18/h1-2,9H,3-8H2,(H2,16,17). The number of halogens is 1. The van der Waals surface area contributed by atoms with Crippen LogP contribution in [0.15, 0.2) is 18.2 Å². The second kappa shape index (κ2) is 6.18. The molecule has 7 heteroatoms. The number of rotatable bonds is 3. The minimum absolute atomic E-state index is 0.144. The number of ether oxygens (including phenoxy) is 1. The van der Waals surface area contributed by atoms with E-state index in [2.05, 4.69) is 27.6 Å². The number of nitrogen functional groups attached to an aromatic ring is 1. The number of imidazole rings is 1. The molecule has 21 heavy (non-hydrogen) atoms. The zero-order valence-electron chi connectivity index (χ0n) is 11.6. The van der Waals surface area contributed by atoms with E-state index in [0.717, 1.165) is 14.6 Å². The topological polar surface area (TPSA) is 73.4 Å². The van der Waals surface area contributed by atoms with Crippen molar-refractivity contribution in [3.8, 4) is 0 Å². The molecule has 0 saturated carbocycles. The molecule has 2 heterocycles. The summed E-state index contributed by atoms with van der Waals surface area (Å²) in [5.74, 6) is 0.604. The molecule has 0 atom stereocenters. The average Bonchev–Trinajstić information content (AvgIpc) is 2.80. The summed E-state index contributed by atoms with van der Waals surface area (Å²) in [6, 6.07) is 6.01. The molecular formula is C14H17IN4O2. The van der Waals surface area contributed by atoms with Crippen molar-refractivity contribution >= 4 is 45.5 Å². The molecule has 1 aliphatic heterocycles. The molecule has 2 N–H and O–H groups in total. The first-order valence-corrected chi connectivity index (χ1v) is 8.00. The maximum absolute atomic E-state index is 12.2. The zero-order chi connectivity index (χ0) is 14.8. The smallest absolute Gasteiger partial charge is 0.224 e. The van der Waals surface area contributed by atoms with Gasteiger partial charge >= 0.3 is 0 Å². The lowest BCUT2D eigenvalue weighted by Gasteiger charge is -2.27. The lowest BCUT2D eigenvalue weighted by atomic mass is 10.3. The van der Waals surface area contributed by atoms with Gasteiger partial charge < -0.3 is 19.9 Å². The first-order valence-electron chi connectivity index (χ1n) is 6.92. The van der Waals surface area contributed by atoms with Crippen LogP contribution >= 0.6 is 22.6 Å². The SMILES string of the molecule is Nc1nc2cc(I)ccc2n1CCC(=O)N1CCOCC1. The number of amides is 1. The minimum Gasteiger partial charge on any atom is -0.378 e. The van der Waals surface area contributed by atoms with E-state index < -0.39 is 0 Å². The van der Waals surface area contributed by atoms with Crippen LogP contribution in [0.2, 0.25) is 0 Å². The van der Waals surface area contributed by atoms with Gasteiger partial charge in [0.25, 0.3) is 0 Å². The van der Waals surface area contributed by atoms with Crippen molar-refractivity contribution in [2.75, 3.05) is 32.0 Å². The molecule has 1 saturated heterocycles.